The number of ether oxygens (including phenoxy) is 1. The molecule has 130 valence electrons. The molecule has 1 aliphatic rings. The second-order valence-electron chi connectivity index (χ2n) is 6.15. The van der Waals surface area contributed by atoms with E-state index in [1.807, 2.05) is 12.1 Å². The van der Waals surface area contributed by atoms with E-state index in [2.05, 4.69) is 28.2 Å². The molecule has 1 aliphatic carbocycles. The van der Waals surface area contributed by atoms with Gasteiger partial charge in [-0.25, -0.2) is 0 Å². The van der Waals surface area contributed by atoms with Crippen molar-refractivity contribution >= 4 is 27.9 Å². The number of hydrogen-bond donors (Lipinski definition) is 1. The van der Waals surface area contributed by atoms with Crippen molar-refractivity contribution in [3.63, 3.8) is 0 Å². The van der Waals surface area contributed by atoms with E-state index in [4.69, 9.17) is 10.00 Å². The smallest absolute Gasteiger partial charge is 0.262 e. The molecular weight excluding hydrogens is 382 g/mol. The summed E-state index contributed by atoms with van der Waals surface area (Å²) in [6.45, 7) is 2.09. The number of nitriles is 2. The van der Waals surface area contributed by atoms with Crippen molar-refractivity contribution in [2.75, 3.05) is 6.61 Å². The number of nitrogens with zero attached hydrogens (tertiary/aromatic N) is 2. The highest BCUT2D eigenvalue weighted by Crippen LogP contribution is 2.27. The molecule has 0 bridgehead atoms. The van der Waals surface area contributed by atoms with Crippen molar-refractivity contribution in [3.05, 3.63) is 33.8 Å². The minimum Gasteiger partial charge on any atom is -0.478 e. The second-order valence-corrected chi connectivity index (χ2v) is 7.00. The molecule has 2 atom stereocenters. The average molecular weight is 402 g/mol. The molecule has 0 aliphatic heterocycles. The van der Waals surface area contributed by atoms with Crippen LogP contribution in [0.1, 0.15) is 38.2 Å². The summed E-state index contributed by atoms with van der Waals surface area (Å²) in [5.74, 6) is 0.642. The maximum absolute atomic E-state index is 12.4. The molecule has 0 aromatic heterocycles. The molecule has 2 rings (SSSR count). The lowest BCUT2D eigenvalue weighted by molar-refractivity contribution is -0.118. The van der Waals surface area contributed by atoms with Gasteiger partial charge in [0.2, 0.25) is 0 Å². The van der Waals surface area contributed by atoms with Gasteiger partial charge in [-0.05, 0) is 58.5 Å². The minimum absolute atomic E-state index is 0.0425. The third-order valence-corrected chi connectivity index (χ3v) is 4.97. The van der Waals surface area contributed by atoms with Gasteiger partial charge in [0.1, 0.15) is 23.5 Å². The zero-order valence-electron chi connectivity index (χ0n) is 14.1. The lowest BCUT2D eigenvalue weighted by Crippen LogP contribution is -2.41. The van der Waals surface area contributed by atoms with Gasteiger partial charge in [0.25, 0.3) is 5.91 Å². The third kappa shape index (κ3) is 5.34. The van der Waals surface area contributed by atoms with Crippen molar-refractivity contribution in [2.24, 2.45) is 5.92 Å². The first kappa shape index (κ1) is 19.0. The first-order chi connectivity index (χ1) is 12.0. The van der Waals surface area contributed by atoms with Crippen LogP contribution in [0.5, 0.6) is 5.75 Å². The van der Waals surface area contributed by atoms with Gasteiger partial charge < -0.3 is 10.1 Å². The molecule has 1 aromatic carbocycles. The van der Waals surface area contributed by atoms with Gasteiger partial charge in [0.15, 0.2) is 6.61 Å². The predicted molar refractivity (Wildman–Crippen MR) is 98.4 cm³/mol. The summed E-state index contributed by atoms with van der Waals surface area (Å²) in [6, 6.07) is 9.21. The summed E-state index contributed by atoms with van der Waals surface area (Å²) >= 11 is 3.37. The Labute approximate surface area is 156 Å². The molecular formula is C19H20BrN3O2. The molecule has 6 heteroatoms. The van der Waals surface area contributed by atoms with Crippen LogP contribution in [-0.2, 0) is 4.79 Å². The summed E-state index contributed by atoms with van der Waals surface area (Å²) in [5, 5.41) is 20.9. The number of amides is 1. The molecule has 5 nitrogen and oxygen atoms in total. The zero-order chi connectivity index (χ0) is 18.2. The van der Waals surface area contributed by atoms with Gasteiger partial charge in [-0.15, -0.1) is 0 Å². The van der Waals surface area contributed by atoms with Crippen LogP contribution < -0.4 is 10.1 Å². The first-order valence-corrected chi connectivity index (χ1v) is 9.06. The number of carbonyl (C=O) groups excluding carboxylic acids is 1. The molecule has 0 spiro atoms. The van der Waals surface area contributed by atoms with E-state index in [-0.39, 0.29) is 24.1 Å². The van der Waals surface area contributed by atoms with E-state index in [0.717, 1.165) is 19.3 Å². The monoisotopic (exact) mass is 401 g/mol. The number of benzene rings is 1. The topological polar surface area (TPSA) is 85.9 Å². The van der Waals surface area contributed by atoms with Crippen LogP contribution >= 0.6 is 15.9 Å². The fourth-order valence-corrected chi connectivity index (χ4v) is 3.44. The summed E-state index contributed by atoms with van der Waals surface area (Å²) < 4.78 is 5.92. The lowest BCUT2D eigenvalue weighted by Gasteiger charge is -2.29. The average Bonchev–Trinajstić information content (AvgIpc) is 2.60. The molecule has 1 N–H and O–H groups in total. The normalized spacial score (nSPS) is 20.2. The summed E-state index contributed by atoms with van der Waals surface area (Å²) in [7, 11) is 0. The lowest BCUT2D eigenvalue weighted by atomic mass is 9.86. The van der Waals surface area contributed by atoms with Gasteiger partial charge in [-0.2, -0.15) is 10.5 Å². The molecule has 25 heavy (non-hydrogen) atoms. The van der Waals surface area contributed by atoms with Gasteiger partial charge >= 0.3 is 0 Å². The standard InChI is InChI=1S/C19H20BrN3O2/c1-13-4-2-3-5-17(13)23-19(24)15(12-22)10-14-6-7-18(16(20)11-14)25-9-8-21/h6-7,10-11,13,17H,2-5,9H2,1H3,(H,23,24)/b15-10+/t13-,17+/m1/s1. The number of nitrogens with one attached hydrogen (secondary N) is 1. The Morgan fingerprint density at radius 2 is 2.16 bits per heavy atom. The van der Waals surface area contributed by atoms with Gasteiger partial charge in [0.05, 0.1) is 4.47 Å². The number of carbonyl (C=O) groups is 1. The van der Waals surface area contributed by atoms with Crippen molar-refractivity contribution in [3.8, 4) is 17.9 Å². The zero-order valence-corrected chi connectivity index (χ0v) is 15.7. The Balaban J connectivity index is 2.11. The van der Waals surface area contributed by atoms with E-state index in [9.17, 15) is 10.1 Å². The molecule has 0 radical (unpaired) electrons. The van der Waals surface area contributed by atoms with Crippen LogP contribution in [0.4, 0.5) is 0 Å². The molecule has 0 heterocycles. The summed E-state index contributed by atoms with van der Waals surface area (Å²) in [5.41, 5.74) is 0.787. The summed E-state index contributed by atoms with van der Waals surface area (Å²) in [6.07, 6.45) is 5.93. The second kappa shape index (κ2) is 9.25. The number of halogens is 1. The molecule has 1 aromatic rings. The van der Waals surface area contributed by atoms with Crippen molar-refractivity contribution in [1.29, 1.82) is 10.5 Å². The van der Waals surface area contributed by atoms with Crippen molar-refractivity contribution in [2.45, 2.75) is 38.6 Å². The highest BCUT2D eigenvalue weighted by Gasteiger charge is 2.24. The minimum atomic E-state index is -0.331. The molecule has 1 fully saturated rings. The van der Waals surface area contributed by atoms with E-state index in [1.54, 1.807) is 24.3 Å². The molecule has 1 amide bonds. The number of rotatable bonds is 5. The largest absolute Gasteiger partial charge is 0.478 e. The third-order valence-electron chi connectivity index (χ3n) is 4.35. The van der Waals surface area contributed by atoms with Crippen LogP contribution in [0, 0.1) is 28.6 Å². The van der Waals surface area contributed by atoms with Crippen LogP contribution in [0.25, 0.3) is 6.08 Å². The Bertz CT molecular complexity index is 746. The summed E-state index contributed by atoms with van der Waals surface area (Å²) in [4.78, 5) is 12.4. The fourth-order valence-electron chi connectivity index (χ4n) is 2.93. The van der Waals surface area contributed by atoms with E-state index in [0.29, 0.717) is 21.7 Å². The Kier molecular flexibility index (Phi) is 7.03. The van der Waals surface area contributed by atoms with E-state index < -0.39 is 0 Å². The maximum Gasteiger partial charge on any atom is 0.262 e. The quantitative estimate of drug-likeness (QED) is 0.597. The van der Waals surface area contributed by atoms with Crippen LogP contribution in [0.3, 0.4) is 0 Å². The van der Waals surface area contributed by atoms with Gasteiger partial charge in [0, 0.05) is 6.04 Å². The Morgan fingerprint density at radius 3 is 2.80 bits per heavy atom. The van der Waals surface area contributed by atoms with Crippen LogP contribution in [0.15, 0.2) is 28.2 Å². The predicted octanol–water partition coefficient (Wildman–Crippen LogP) is 3.95. The number of hydrogen-bond acceptors (Lipinski definition) is 4. The van der Waals surface area contributed by atoms with E-state index >= 15 is 0 Å². The van der Waals surface area contributed by atoms with Crippen LogP contribution in [0.2, 0.25) is 0 Å². The van der Waals surface area contributed by atoms with Crippen LogP contribution in [-0.4, -0.2) is 18.6 Å². The van der Waals surface area contributed by atoms with Crippen molar-refractivity contribution in [1.82, 2.24) is 5.32 Å². The highest BCUT2D eigenvalue weighted by molar-refractivity contribution is 9.10. The SMILES string of the molecule is C[C@@H]1CCCC[C@@H]1NC(=O)/C(C#N)=C/c1ccc(OCC#N)c(Br)c1. The Morgan fingerprint density at radius 1 is 1.40 bits per heavy atom. The van der Waals surface area contributed by atoms with Gasteiger partial charge in [-0.1, -0.05) is 25.8 Å². The molecule has 0 unspecified atom stereocenters. The fraction of sp³-hybridized carbons (Fsp3) is 0.421. The van der Waals surface area contributed by atoms with E-state index in [1.165, 1.54) is 6.42 Å². The molecule has 1 saturated carbocycles. The molecule has 0 saturated heterocycles. The van der Waals surface area contributed by atoms with Crippen molar-refractivity contribution < 1.29 is 9.53 Å². The first-order valence-electron chi connectivity index (χ1n) is 8.27. The Hall–Kier alpha value is -2.31. The van der Waals surface area contributed by atoms with Gasteiger partial charge in [-0.3, -0.25) is 4.79 Å². The maximum atomic E-state index is 12.4. The highest BCUT2D eigenvalue weighted by atomic mass is 79.9.